The van der Waals surface area contributed by atoms with Gasteiger partial charge in [0.05, 0.1) is 10.2 Å². The molecule has 0 unspecified atom stereocenters. The zero-order chi connectivity index (χ0) is 19.1. The number of fused-ring (bicyclic) bond motifs is 1. The van der Waals surface area contributed by atoms with E-state index in [1.165, 1.54) is 23.1 Å². The molecule has 26 heavy (non-hydrogen) atoms. The van der Waals surface area contributed by atoms with Crippen LogP contribution in [0, 0.1) is 10.1 Å². The summed E-state index contributed by atoms with van der Waals surface area (Å²) < 4.78 is 23.5. The number of rotatable bonds is 3. The first-order valence-electron chi connectivity index (χ1n) is 8.07. The zero-order valence-corrected chi connectivity index (χ0v) is 15.4. The number of nitro benzene ring substituents is 1. The average molecular weight is 381 g/mol. The molecule has 2 heterocycles. The average Bonchev–Trinajstić information content (AvgIpc) is 3.18. The molecule has 1 saturated heterocycles. The molecule has 1 aliphatic heterocycles. The van der Waals surface area contributed by atoms with Gasteiger partial charge in [-0.25, -0.2) is 14.0 Å². The predicted molar refractivity (Wildman–Crippen MR) is 93.3 cm³/mol. The number of hydrogen-bond acceptors (Lipinski definition) is 7. The molecule has 0 saturated carbocycles. The van der Waals surface area contributed by atoms with Crippen LogP contribution in [-0.4, -0.2) is 49.0 Å². The van der Waals surface area contributed by atoms with Gasteiger partial charge in [0.15, 0.2) is 5.58 Å². The Morgan fingerprint density at radius 2 is 2.19 bits per heavy atom. The zero-order valence-electron chi connectivity index (χ0n) is 14.6. The molecule has 0 spiro atoms. The molecule has 2 atom stereocenters. The number of nitro groups is 1. The van der Waals surface area contributed by atoms with Crippen molar-refractivity contribution in [2.75, 3.05) is 13.1 Å². The lowest BCUT2D eigenvalue weighted by Crippen LogP contribution is -2.36. The van der Waals surface area contributed by atoms with Crippen LogP contribution in [0.15, 0.2) is 27.8 Å². The van der Waals surface area contributed by atoms with Crippen molar-refractivity contribution in [3.63, 3.8) is 0 Å². The number of likely N-dealkylation sites (tertiary alicyclic amines) is 1. The Kier molecular flexibility index (Phi) is 4.70. The van der Waals surface area contributed by atoms with Gasteiger partial charge in [0.1, 0.15) is 21.9 Å². The summed E-state index contributed by atoms with van der Waals surface area (Å²) in [7, 11) is -1.57. The summed E-state index contributed by atoms with van der Waals surface area (Å²) in [5.41, 5.74) is -0.0887. The monoisotopic (exact) mass is 381 g/mol. The van der Waals surface area contributed by atoms with Crippen LogP contribution in [0.1, 0.15) is 27.2 Å². The minimum absolute atomic E-state index is 0.0107. The van der Waals surface area contributed by atoms with Gasteiger partial charge in [-0.15, -0.1) is 0 Å². The van der Waals surface area contributed by atoms with E-state index in [4.69, 9.17) is 9.15 Å². The molecule has 0 bridgehead atoms. The van der Waals surface area contributed by atoms with E-state index in [0.717, 1.165) is 0 Å². The summed E-state index contributed by atoms with van der Waals surface area (Å²) in [4.78, 5) is 28.1. The lowest BCUT2D eigenvalue weighted by atomic mass is 10.2. The van der Waals surface area contributed by atoms with Crippen LogP contribution >= 0.6 is 0 Å². The second-order valence-corrected chi connectivity index (χ2v) is 8.63. The topological polar surface area (TPSA) is 116 Å². The first-order chi connectivity index (χ1) is 12.1. The number of benzene rings is 1. The normalized spacial score (nSPS) is 18.9. The Balaban J connectivity index is 1.73. The summed E-state index contributed by atoms with van der Waals surface area (Å²) in [5.74, 6) is 0. The van der Waals surface area contributed by atoms with E-state index in [1.54, 1.807) is 20.8 Å². The van der Waals surface area contributed by atoms with Gasteiger partial charge >= 0.3 is 6.09 Å². The third kappa shape index (κ3) is 3.85. The van der Waals surface area contributed by atoms with Crippen LogP contribution in [0.25, 0.3) is 11.1 Å². The quantitative estimate of drug-likeness (QED) is 0.593. The molecule has 9 nitrogen and oxygen atoms in total. The summed E-state index contributed by atoms with van der Waals surface area (Å²) in [6.07, 6.45) is 0.0928. The molecule has 140 valence electrons. The minimum atomic E-state index is -1.57. The summed E-state index contributed by atoms with van der Waals surface area (Å²) >= 11 is 0. The van der Waals surface area contributed by atoms with Gasteiger partial charge in [-0.1, -0.05) is 0 Å². The van der Waals surface area contributed by atoms with E-state index in [2.05, 4.69) is 4.98 Å². The SMILES string of the molecule is CC(C)(C)OC(=O)N1CC[C@@H]([S@@](=O)c2nc3cc([N+](=O)[O-])ccc3o2)C1. The van der Waals surface area contributed by atoms with Gasteiger partial charge in [-0.2, -0.15) is 0 Å². The number of carbonyl (C=O) groups is 1. The van der Waals surface area contributed by atoms with E-state index >= 15 is 0 Å². The lowest BCUT2D eigenvalue weighted by molar-refractivity contribution is -0.384. The van der Waals surface area contributed by atoms with E-state index in [1.807, 2.05) is 0 Å². The van der Waals surface area contributed by atoms with Gasteiger partial charge in [0, 0.05) is 25.2 Å². The maximum atomic E-state index is 12.7. The van der Waals surface area contributed by atoms with Crippen molar-refractivity contribution in [1.29, 1.82) is 0 Å². The number of carbonyl (C=O) groups excluding carboxylic acids is 1. The highest BCUT2D eigenvalue weighted by Gasteiger charge is 2.35. The number of non-ortho nitro benzene ring substituents is 1. The Bertz CT molecular complexity index is 888. The molecule has 1 aromatic heterocycles. The maximum absolute atomic E-state index is 12.7. The number of amides is 1. The standard InChI is InChI=1S/C16H19N3O6S/c1-16(2,3)25-15(20)18-7-6-11(9-18)26(23)14-17-12-8-10(19(21)22)4-5-13(12)24-14/h4-5,8,11H,6-7,9H2,1-3H3/t11-,26-/m1/s1. The van der Waals surface area contributed by atoms with Gasteiger partial charge in [0.25, 0.3) is 10.9 Å². The van der Waals surface area contributed by atoms with E-state index < -0.39 is 27.4 Å². The molecular weight excluding hydrogens is 362 g/mol. The second-order valence-electron chi connectivity index (χ2n) is 7.02. The van der Waals surface area contributed by atoms with Crippen LogP contribution < -0.4 is 0 Å². The minimum Gasteiger partial charge on any atom is -0.444 e. The van der Waals surface area contributed by atoms with E-state index in [-0.39, 0.29) is 28.2 Å². The molecule has 3 rings (SSSR count). The van der Waals surface area contributed by atoms with Crippen LogP contribution in [0.4, 0.5) is 10.5 Å². The fraction of sp³-hybridized carbons (Fsp3) is 0.500. The van der Waals surface area contributed by atoms with Crippen LogP contribution in [0.3, 0.4) is 0 Å². The molecule has 2 aromatic rings. The summed E-state index contributed by atoms with van der Waals surface area (Å²) in [6, 6.07) is 4.02. The highest BCUT2D eigenvalue weighted by Crippen LogP contribution is 2.26. The highest BCUT2D eigenvalue weighted by atomic mass is 32.2. The van der Waals surface area contributed by atoms with Crippen LogP contribution in [-0.2, 0) is 15.5 Å². The van der Waals surface area contributed by atoms with Crippen molar-refractivity contribution in [1.82, 2.24) is 9.88 Å². The molecular formula is C16H19N3O6S. The Hall–Kier alpha value is -2.49. The number of oxazole rings is 1. The highest BCUT2D eigenvalue weighted by molar-refractivity contribution is 7.85. The molecule has 1 aromatic carbocycles. The van der Waals surface area contributed by atoms with Crippen molar-refractivity contribution in [2.24, 2.45) is 0 Å². The van der Waals surface area contributed by atoms with Crippen molar-refractivity contribution >= 4 is 33.7 Å². The van der Waals surface area contributed by atoms with E-state index in [9.17, 15) is 19.1 Å². The van der Waals surface area contributed by atoms with Crippen LogP contribution in [0.2, 0.25) is 0 Å². The second kappa shape index (κ2) is 6.67. The summed E-state index contributed by atoms with van der Waals surface area (Å²) in [5, 5.41) is 10.5. The molecule has 0 radical (unpaired) electrons. The first-order valence-corrected chi connectivity index (χ1v) is 9.29. The Morgan fingerprint density at radius 3 is 2.85 bits per heavy atom. The third-order valence-electron chi connectivity index (χ3n) is 3.83. The fourth-order valence-corrected chi connectivity index (χ4v) is 3.91. The van der Waals surface area contributed by atoms with E-state index in [0.29, 0.717) is 18.5 Å². The van der Waals surface area contributed by atoms with Gasteiger partial charge in [0.2, 0.25) is 0 Å². The Labute approximate surface area is 151 Å². The van der Waals surface area contributed by atoms with Crippen LogP contribution in [0.5, 0.6) is 0 Å². The van der Waals surface area contributed by atoms with Crippen molar-refractivity contribution in [3.05, 3.63) is 28.3 Å². The Morgan fingerprint density at radius 1 is 1.46 bits per heavy atom. The summed E-state index contributed by atoms with van der Waals surface area (Å²) in [6.45, 7) is 6.08. The smallest absolute Gasteiger partial charge is 0.410 e. The van der Waals surface area contributed by atoms with Crippen molar-refractivity contribution in [2.45, 2.75) is 43.3 Å². The molecule has 1 fully saturated rings. The maximum Gasteiger partial charge on any atom is 0.410 e. The molecule has 1 aliphatic rings. The largest absolute Gasteiger partial charge is 0.444 e. The molecule has 1 amide bonds. The van der Waals surface area contributed by atoms with Crippen molar-refractivity contribution in [3.8, 4) is 0 Å². The molecule has 0 aliphatic carbocycles. The predicted octanol–water partition coefficient (Wildman–Crippen LogP) is 2.85. The van der Waals surface area contributed by atoms with Gasteiger partial charge in [-0.05, 0) is 33.3 Å². The number of hydrogen-bond donors (Lipinski definition) is 0. The number of nitrogens with zero attached hydrogens (tertiary/aromatic N) is 3. The number of aromatic nitrogens is 1. The fourth-order valence-electron chi connectivity index (χ4n) is 2.63. The molecule has 10 heteroatoms. The lowest BCUT2D eigenvalue weighted by Gasteiger charge is -2.24. The van der Waals surface area contributed by atoms with Gasteiger partial charge in [-0.3, -0.25) is 10.1 Å². The molecule has 0 N–H and O–H groups in total. The van der Waals surface area contributed by atoms with Crippen molar-refractivity contribution < 1.29 is 23.1 Å². The first kappa shape index (κ1) is 18.3. The number of ether oxygens (including phenoxy) is 1. The third-order valence-corrected chi connectivity index (χ3v) is 5.34. The van der Waals surface area contributed by atoms with Gasteiger partial charge < -0.3 is 14.1 Å².